The van der Waals surface area contributed by atoms with Gasteiger partial charge in [-0.15, -0.1) is 59.3 Å². The van der Waals surface area contributed by atoms with E-state index in [4.69, 9.17) is 0 Å². The van der Waals surface area contributed by atoms with Crippen LogP contribution >= 0.6 is 0 Å². The van der Waals surface area contributed by atoms with Gasteiger partial charge >= 0.3 is 43.1 Å². The summed E-state index contributed by atoms with van der Waals surface area (Å²) in [6.45, 7) is 2.00. The first kappa shape index (κ1) is 47.0. The van der Waals surface area contributed by atoms with Crippen LogP contribution < -0.4 is 0 Å². The Morgan fingerprint density at radius 2 is 0.569 bits per heavy atom. The second-order valence-corrected chi connectivity index (χ2v) is 15.8. The molecule has 0 aliphatic heterocycles. The predicted octanol–water partition coefficient (Wildman–Crippen LogP) is 13.7. The van der Waals surface area contributed by atoms with Gasteiger partial charge in [-0.25, -0.2) is 0 Å². The Bertz CT molecular complexity index is 2490. The SMILES string of the molecule is C[CH]=[Ti+2].O=C(O)C(c1ccccc1)(c1ccccc1)c1ccccc1.O=C(O)C(c1ccccc1)(c1ccccc1)c1ccccc1.c1ccc2[cH-]ccc2c1.c1ccc2[cH-]ccc2c1. The molecule has 0 spiro atoms. The molecule has 10 rings (SSSR count). The van der Waals surface area contributed by atoms with Crippen molar-refractivity contribution in [1.82, 2.24) is 0 Å². The summed E-state index contributed by atoms with van der Waals surface area (Å²) in [6, 6.07) is 85.6. The van der Waals surface area contributed by atoms with Gasteiger partial charge < -0.3 is 10.2 Å². The number of hydrogen-bond acceptors (Lipinski definition) is 2. The Morgan fingerprint density at radius 3 is 0.769 bits per heavy atom. The average Bonchev–Trinajstić information content (AvgIpc) is 4.06. The molecule has 0 radical (unpaired) electrons. The fraction of sp³-hybridized carbons (Fsp3) is 0.0500. The molecule has 0 saturated heterocycles. The Morgan fingerprint density at radius 1 is 0.369 bits per heavy atom. The van der Waals surface area contributed by atoms with Gasteiger partial charge in [0.25, 0.3) is 0 Å². The molecule has 0 bridgehead atoms. The van der Waals surface area contributed by atoms with Crippen molar-refractivity contribution in [3.8, 4) is 0 Å². The van der Waals surface area contributed by atoms with Crippen LogP contribution in [-0.2, 0) is 40.4 Å². The van der Waals surface area contributed by atoms with Crippen molar-refractivity contribution in [3.05, 3.63) is 300 Å². The van der Waals surface area contributed by atoms with Crippen LogP contribution in [0.2, 0.25) is 0 Å². The molecule has 0 heterocycles. The molecule has 0 saturated carbocycles. The van der Waals surface area contributed by atoms with Gasteiger partial charge in [-0.3, -0.25) is 9.59 Å². The summed E-state index contributed by atoms with van der Waals surface area (Å²) in [7, 11) is 0. The van der Waals surface area contributed by atoms with E-state index < -0.39 is 22.8 Å². The first-order valence-electron chi connectivity index (χ1n) is 21.3. The molecule has 0 aromatic heterocycles. The number of rotatable bonds is 8. The van der Waals surface area contributed by atoms with E-state index in [-0.39, 0.29) is 0 Å². The molecule has 5 heteroatoms. The van der Waals surface area contributed by atoms with Crippen LogP contribution in [0.15, 0.2) is 267 Å². The number of hydrogen-bond donors (Lipinski definition) is 2. The minimum absolute atomic E-state index is 0.750. The van der Waals surface area contributed by atoms with Crippen molar-refractivity contribution < 1.29 is 39.8 Å². The summed E-state index contributed by atoms with van der Waals surface area (Å²) >= 11 is 2.00. The fourth-order valence-electron chi connectivity index (χ4n) is 8.01. The standard InChI is InChI=1S/2C20H16O2.2C9H7.C2H4.Ti/c2*21-19(22)20(16-10-4-1-5-11-16,17-12-6-2-7-13-17)18-14-8-3-9-15-18;2*1-2-5-9-7-3-6-8(9)4-1;1-2;/h2*1-15H,(H,21,22);2*1-7H;1H,2H3;/q;;2*-1;;+2. The minimum atomic E-state index is -1.20. The summed E-state index contributed by atoms with van der Waals surface area (Å²) in [4.78, 5) is 24.8. The summed E-state index contributed by atoms with van der Waals surface area (Å²) in [5, 5.41) is 25.7. The molecular formula is C60H50O4Ti. The Hall–Kier alpha value is -7.50. The molecule has 4 nitrogen and oxygen atoms in total. The Labute approximate surface area is 393 Å². The van der Waals surface area contributed by atoms with Crippen LogP contribution in [0.25, 0.3) is 21.5 Å². The molecule has 0 aliphatic rings. The van der Waals surface area contributed by atoms with Gasteiger partial charge in [-0.05, 0) is 33.4 Å². The van der Waals surface area contributed by atoms with Crippen molar-refractivity contribution >= 4 is 37.8 Å². The summed E-state index contributed by atoms with van der Waals surface area (Å²) in [6.07, 6.45) is 0. The van der Waals surface area contributed by atoms with Crippen LogP contribution in [0.4, 0.5) is 0 Å². The van der Waals surface area contributed by atoms with E-state index in [1.807, 2.05) is 213 Å². The van der Waals surface area contributed by atoms with E-state index in [0.717, 1.165) is 33.4 Å². The molecule has 0 aliphatic carbocycles. The van der Waals surface area contributed by atoms with Crippen LogP contribution in [0.3, 0.4) is 0 Å². The maximum atomic E-state index is 12.4. The molecule has 0 fully saturated rings. The number of carbonyl (C=O) groups is 2. The fourth-order valence-corrected chi connectivity index (χ4v) is 8.01. The van der Waals surface area contributed by atoms with E-state index in [0.29, 0.717) is 0 Å². The molecule has 0 unspecified atom stereocenters. The molecule has 318 valence electrons. The van der Waals surface area contributed by atoms with E-state index in [1.165, 1.54) is 21.5 Å². The molecule has 0 amide bonds. The Kier molecular flexibility index (Phi) is 17.2. The van der Waals surface area contributed by atoms with Gasteiger partial charge in [0.2, 0.25) is 0 Å². The second-order valence-electron chi connectivity index (χ2n) is 14.9. The van der Waals surface area contributed by atoms with E-state index in [1.54, 1.807) is 0 Å². The van der Waals surface area contributed by atoms with Gasteiger partial charge in [0.1, 0.15) is 10.8 Å². The minimum Gasteiger partial charge on any atom is -0.480 e. The molecule has 10 aromatic rings. The van der Waals surface area contributed by atoms with E-state index in [2.05, 4.69) is 84.9 Å². The van der Waals surface area contributed by atoms with E-state index >= 15 is 0 Å². The number of benzene rings is 8. The van der Waals surface area contributed by atoms with Crippen LogP contribution in [-0.4, -0.2) is 26.5 Å². The molecule has 65 heavy (non-hydrogen) atoms. The largest absolute Gasteiger partial charge is 0.480 e. The summed E-state index contributed by atoms with van der Waals surface area (Å²) < 4.78 is 2.00. The van der Waals surface area contributed by atoms with Crippen molar-refractivity contribution in [1.29, 1.82) is 0 Å². The normalized spacial score (nSPS) is 10.6. The molecule has 2 N–H and O–H groups in total. The number of carboxylic acids is 2. The van der Waals surface area contributed by atoms with Gasteiger partial charge in [-0.1, -0.05) is 194 Å². The van der Waals surface area contributed by atoms with Gasteiger partial charge in [0.15, 0.2) is 0 Å². The predicted molar refractivity (Wildman–Crippen MR) is 265 cm³/mol. The van der Waals surface area contributed by atoms with Gasteiger partial charge in [-0.2, -0.15) is 35.0 Å². The van der Waals surface area contributed by atoms with Gasteiger partial charge in [0, 0.05) is 0 Å². The van der Waals surface area contributed by atoms with Crippen molar-refractivity contribution in [2.75, 3.05) is 0 Å². The topological polar surface area (TPSA) is 74.6 Å². The van der Waals surface area contributed by atoms with Gasteiger partial charge in [0.05, 0.1) is 0 Å². The smallest absolute Gasteiger partial charge is 0.323 e. The zero-order valence-corrected chi connectivity index (χ0v) is 37.8. The quantitative estimate of drug-likeness (QED) is 0.0906. The monoisotopic (exact) mass is 882 g/mol. The third-order valence-electron chi connectivity index (χ3n) is 11.0. The first-order valence-corrected chi connectivity index (χ1v) is 22.2. The number of aliphatic carboxylic acids is 2. The maximum Gasteiger partial charge on any atom is 0.323 e. The van der Waals surface area contributed by atoms with Crippen LogP contribution in [0, 0.1) is 0 Å². The van der Waals surface area contributed by atoms with Crippen LogP contribution in [0.1, 0.15) is 40.3 Å². The third-order valence-corrected chi connectivity index (χ3v) is 11.0. The van der Waals surface area contributed by atoms with E-state index in [9.17, 15) is 19.8 Å². The first-order chi connectivity index (χ1) is 31.9. The average molecular weight is 883 g/mol. The second kappa shape index (κ2) is 23.8. The maximum absolute atomic E-state index is 12.4. The zero-order chi connectivity index (χ0) is 45.7. The number of fused-ring (bicyclic) bond motifs is 2. The summed E-state index contributed by atoms with van der Waals surface area (Å²) in [5.41, 5.74) is 2.09. The molecule has 0 atom stereocenters. The van der Waals surface area contributed by atoms with Crippen molar-refractivity contribution in [2.45, 2.75) is 17.8 Å². The molecular weight excluding hydrogens is 833 g/mol. The van der Waals surface area contributed by atoms with Crippen molar-refractivity contribution in [3.63, 3.8) is 0 Å². The van der Waals surface area contributed by atoms with Crippen LogP contribution in [0.5, 0.6) is 0 Å². The summed E-state index contributed by atoms with van der Waals surface area (Å²) in [5.74, 6) is -1.76. The Balaban J connectivity index is 0.000000151. The third kappa shape index (κ3) is 11.2. The molecule has 10 aromatic carbocycles. The number of carboxylic acid groups (broad SMARTS) is 2. The van der Waals surface area contributed by atoms with Crippen molar-refractivity contribution in [2.24, 2.45) is 0 Å². The zero-order valence-electron chi connectivity index (χ0n) is 36.2.